The van der Waals surface area contributed by atoms with Gasteiger partial charge in [-0.05, 0) is 49.7 Å². The fourth-order valence-electron chi connectivity index (χ4n) is 3.30. The molecule has 1 aromatic heterocycles. The van der Waals surface area contributed by atoms with E-state index in [2.05, 4.69) is 15.3 Å². The van der Waals surface area contributed by atoms with E-state index < -0.39 is 17.5 Å². The van der Waals surface area contributed by atoms with Gasteiger partial charge in [-0.1, -0.05) is 12.1 Å². The second-order valence-electron chi connectivity index (χ2n) is 7.21. The van der Waals surface area contributed by atoms with Crippen LogP contribution in [0.2, 0.25) is 0 Å². The topological polar surface area (TPSA) is 58.0 Å². The van der Waals surface area contributed by atoms with Crippen LogP contribution in [0.3, 0.4) is 0 Å². The Morgan fingerprint density at radius 1 is 0.900 bits per heavy atom. The van der Waals surface area contributed by atoms with E-state index in [-0.39, 0.29) is 22.9 Å². The highest BCUT2D eigenvalue weighted by molar-refractivity contribution is 6.02. The van der Waals surface area contributed by atoms with Crippen molar-refractivity contribution in [2.24, 2.45) is 0 Å². The minimum atomic E-state index is -0.811. The molecule has 30 heavy (non-hydrogen) atoms. The van der Waals surface area contributed by atoms with Gasteiger partial charge in [-0.15, -0.1) is 0 Å². The van der Waals surface area contributed by atoms with E-state index in [0.717, 1.165) is 12.1 Å². The standard InChI is InChI=1S/C23H18F3N3O/c1-12(2)28-23-27-11-14-9-18(17-8-7-16(25)10-19(17)26)22(30)20(21(14)29-23)13-3-5-15(24)6-4-13/h3-12,30H,1-2H3,(H,27,28,29). The lowest BCUT2D eigenvalue weighted by atomic mass is 9.94. The Kier molecular flexibility index (Phi) is 5.03. The molecule has 152 valence electrons. The van der Waals surface area contributed by atoms with Crippen LogP contribution < -0.4 is 5.32 Å². The molecule has 2 N–H and O–H groups in total. The number of phenolic OH excluding ortho intramolecular Hbond substituents is 1. The van der Waals surface area contributed by atoms with Gasteiger partial charge in [0.2, 0.25) is 5.95 Å². The molecule has 7 heteroatoms. The van der Waals surface area contributed by atoms with Crippen LogP contribution in [0.5, 0.6) is 5.75 Å². The predicted molar refractivity (Wildman–Crippen MR) is 111 cm³/mol. The van der Waals surface area contributed by atoms with Crippen LogP contribution in [-0.4, -0.2) is 21.1 Å². The minimum absolute atomic E-state index is 0.0311. The highest BCUT2D eigenvalue weighted by atomic mass is 19.1. The van der Waals surface area contributed by atoms with Crippen molar-refractivity contribution in [1.29, 1.82) is 0 Å². The van der Waals surface area contributed by atoms with Gasteiger partial charge < -0.3 is 10.4 Å². The van der Waals surface area contributed by atoms with Crippen molar-refractivity contribution in [2.75, 3.05) is 5.32 Å². The molecule has 4 nitrogen and oxygen atoms in total. The molecule has 4 rings (SSSR count). The number of hydrogen-bond donors (Lipinski definition) is 2. The molecule has 0 bridgehead atoms. The van der Waals surface area contributed by atoms with Gasteiger partial charge in [0, 0.05) is 34.8 Å². The number of anilines is 1. The van der Waals surface area contributed by atoms with Crippen LogP contribution in [0.1, 0.15) is 13.8 Å². The monoisotopic (exact) mass is 409 g/mol. The van der Waals surface area contributed by atoms with Crippen molar-refractivity contribution in [2.45, 2.75) is 19.9 Å². The second kappa shape index (κ2) is 7.67. The van der Waals surface area contributed by atoms with E-state index in [1.807, 2.05) is 13.8 Å². The molecule has 4 aromatic rings. The van der Waals surface area contributed by atoms with Crippen LogP contribution in [0, 0.1) is 17.5 Å². The van der Waals surface area contributed by atoms with Crippen molar-refractivity contribution >= 4 is 16.9 Å². The van der Waals surface area contributed by atoms with Crippen LogP contribution in [0.4, 0.5) is 19.1 Å². The van der Waals surface area contributed by atoms with Gasteiger partial charge in [-0.3, -0.25) is 0 Å². The third-order valence-corrected chi connectivity index (χ3v) is 4.62. The molecule has 0 saturated heterocycles. The molecule has 1 heterocycles. The summed E-state index contributed by atoms with van der Waals surface area (Å²) in [6.07, 6.45) is 1.56. The quantitative estimate of drug-likeness (QED) is 0.440. The summed E-state index contributed by atoms with van der Waals surface area (Å²) in [7, 11) is 0. The number of nitrogens with one attached hydrogen (secondary N) is 1. The van der Waals surface area contributed by atoms with E-state index in [9.17, 15) is 18.3 Å². The molecular formula is C23H18F3N3O. The van der Waals surface area contributed by atoms with Crippen molar-refractivity contribution in [1.82, 2.24) is 9.97 Å². The summed E-state index contributed by atoms with van der Waals surface area (Å²) in [6, 6.07) is 10.3. The van der Waals surface area contributed by atoms with Crippen LogP contribution in [-0.2, 0) is 0 Å². The normalized spacial score (nSPS) is 11.3. The molecule has 0 atom stereocenters. The molecule has 0 aliphatic rings. The van der Waals surface area contributed by atoms with Crippen LogP contribution >= 0.6 is 0 Å². The fraction of sp³-hybridized carbons (Fsp3) is 0.130. The first kappa shape index (κ1) is 19.7. The van der Waals surface area contributed by atoms with Crippen LogP contribution in [0.15, 0.2) is 54.7 Å². The summed E-state index contributed by atoms with van der Waals surface area (Å²) in [5.41, 5.74) is 1.41. The van der Waals surface area contributed by atoms with Gasteiger partial charge in [-0.2, -0.15) is 0 Å². The lowest BCUT2D eigenvalue weighted by Crippen LogP contribution is -2.12. The van der Waals surface area contributed by atoms with Gasteiger partial charge in [0.25, 0.3) is 0 Å². The summed E-state index contributed by atoms with van der Waals surface area (Å²) in [6.45, 7) is 3.87. The first-order valence-electron chi connectivity index (χ1n) is 9.34. The zero-order valence-electron chi connectivity index (χ0n) is 16.2. The maximum atomic E-state index is 14.5. The minimum Gasteiger partial charge on any atom is -0.507 e. The van der Waals surface area contributed by atoms with Gasteiger partial charge in [0.05, 0.1) is 11.1 Å². The molecule has 0 unspecified atom stereocenters. The van der Waals surface area contributed by atoms with Gasteiger partial charge in [0.1, 0.15) is 23.2 Å². The zero-order valence-corrected chi connectivity index (χ0v) is 16.2. The predicted octanol–water partition coefficient (Wildman–Crippen LogP) is 5.91. The smallest absolute Gasteiger partial charge is 0.223 e. The maximum absolute atomic E-state index is 14.5. The van der Waals surface area contributed by atoms with E-state index >= 15 is 0 Å². The molecular weight excluding hydrogens is 391 g/mol. The lowest BCUT2D eigenvalue weighted by molar-refractivity contribution is 0.479. The van der Waals surface area contributed by atoms with Crippen molar-refractivity contribution in [3.05, 3.63) is 72.2 Å². The molecule has 3 aromatic carbocycles. The van der Waals surface area contributed by atoms with E-state index in [0.29, 0.717) is 28.0 Å². The Hall–Kier alpha value is -3.61. The SMILES string of the molecule is CC(C)Nc1ncc2cc(-c3ccc(F)cc3F)c(O)c(-c3ccc(F)cc3)c2n1. The summed E-state index contributed by atoms with van der Waals surface area (Å²) in [4.78, 5) is 8.80. The fourth-order valence-corrected chi connectivity index (χ4v) is 3.30. The molecule has 0 amide bonds. The number of rotatable bonds is 4. The number of nitrogens with zero attached hydrogens (tertiary/aromatic N) is 2. The number of hydrogen-bond acceptors (Lipinski definition) is 4. The van der Waals surface area contributed by atoms with E-state index in [1.165, 1.54) is 30.3 Å². The number of halogens is 3. The largest absolute Gasteiger partial charge is 0.507 e. The summed E-state index contributed by atoms with van der Waals surface area (Å²) < 4.78 is 41.3. The van der Waals surface area contributed by atoms with Gasteiger partial charge in [-0.25, -0.2) is 23.1 Å². The Morgan fingerprint density at radius 3 is 2.27 bits per heavy atom. The summed E-state index contributed by atoms with van der Waals surface area (Å²) >= 11 is 0. The number of aromatic hydroxyl groups is 1. The highest BCUT2D eigenvalue weighted by Gasteiger charge is 2.20. The van der Waals surface area contributed by atoms with Crippen molar-refractivity contribution in [3.8, 4) is 28.0 Å². The molecule has 0 saturated carbocycles. The Labute approximate surface area is 171 Å². The Bertz CT molecular complexity index is 1240. The zero-order chi connectivity index (χ0) is 21.4. The van der Waals surface area contributed by atoms with Gasteiger partial charge >= 0.3 is 0 Å². The number of aromatic nitrogens is 2. The first-order chi connectivity index (χ1) is 14.3. The summed E-state index contributed by atoms with van der Waals surface area (Å²) in [5.74, 6) is -1.84. The van der Waals surface area contributed by atoms with Crippen molar-refractivity contribution < 1.29 is 18.3 Å². The highest BCUT2D eigenvalue weighted by Crippen LogP contribution is 2.43. The number of fused-ring (bicyclic) bond motifs is 1. The second-order valence-corrected chi connectivity index (χ2v) is 7.21. The van der Waals surface area contributed by atoms with E-state index in [4.69, 9.17) is 0 Å². The average Bonchev–Trinajstić information content (AvgIpc) is 2.69. The van der Waals surface area contributed by atoms with Gasteiger partial charge in [0.15, 0.2) is 0 Å². The maximum Gasteiger partial charge on any atom is 0.223 e. The van der Waals surface area contributed by atoms with E-state index in [1.54, 1.807) is 12.3 Å². The average molecular weight is 409 g/mol. The summed E-state index contributed by atoms with van der Waals surface area (Å²) in [5, 5.41) is 14.7. The molecule has 0 aliphatic carbocycles. The molecule has 0 radical (unpaired) electrons. The molecule has 0 spiro atoms. The molecule has 0 fully saturated rings. The Balaban J connectivity index is 2.04. The van der Waals surface area contributed by atoms with Crippen molar-refractivity contribution in [3.63, 3.8) is 0 Å². The Morgan fingerprint density at radius 2 is 1.60 bits per heavy atom. The lowest BCUT2D eigenvalue weighted by Gasteiger charge is -2.16. The third-order valence-electron chi connectivity index (χ3n) is 4.62. The van der Waals surface area contributed by atoms with Crippen LogP contribution in [0.25, 0.3) is 33.2 Å². The number of phenols is 1. The number of benzene rings is 3. The first-order valence-corrected chi connectivity index (χ1v) is 9.34. The third kappa shape index (κ3) is 3.66. The molecule has 0 aliphatic heterocycles.